The molecule has 0 saturated heterocycles. The highest BCUT2D eigenvalue weighted by atomic mass is 16.3. The fourth-order valence-corrected chi connectivity index (χ4v) is 2.09. The number of aliphatic hydroxyl groups is 1. The SMILES string of the molecule is CC(CO)C(C)NC(=O)NCCc1cnn(-c2ccccc2)c1. The number of nitrogens with zero attached hydrogens (tertiary/aromatic N) is 2. The Morgan fingerprint density at radius 3 is 2.74 bits per heavy atom. The number of carbonyl (C=O) groups excluding carboxylic acids is 1. The van der Waals surface area contributed by atoms with Crippen molar-refractivity contribution in [2.45, 2.75) is 26.3 Å². The molecule has 0 saturated carbocycles. The van der Waals surface area contributed by atoms with Crippen LogP contribution in [0.1, 0.15) is 19.4 Å². The molecule has 0 radical (unpaired) electrons. The normalized spacial score (nSPS) is 13.3. The molecular formula is C17H24N4O2. The van der Waals surface area contributed by atoms with E-state index in [9.17, 15) is 4.79 Å². The van der Waals surface area contributed by atoms with E-state index in [-0.39, 0.29) is 24.6 Å². The van der Waals surface area contributed by atoms with Crippen LogP contribution in [0.4, 0.5) is 4.79 Å². The van der Waals surface area contributed by atoms with E-state index >= 15 is 0 Å². The van der Waals surface area contributed by atoms with Crippen molar-refractivity contribution in [3.8, 4) is 5.69 Å². The third-order valence-corrected chi connectivity index (χ3v) is 3.86. The Morgan fingerprint density at radius 1 is 1.30 bits per heavy atom. The lowest BCUT2D eigenvalue weighted by Gasteiger charge is -2.19. The average Bonchev–Trinajstić information content (AvgIpc) is 3.03. The van der Waals surface area contributed by atoms with Gasteiger partial charge in [-0.25, -0.2) is 9.48 Å². The lowest BCUT2D eigenvalue weighted by Crippen LogP contribution is -2.44. The predicted molar refractivity (Wildman–Crippen MR) is 89.5 cm³/mol. The molecule has 0 aliphatic rings. The number of carbonyl (C=O) groups is 1. The molecule has 6 heteroatoms. The fourth-order valence-electron chi connectivity index (χ4n) is 2.09. The molecule has 3 N–H and O–H groups in total. The number of rotatable bonds is 7. The highest BCUT2D eigenvalue weighted by Gasteiger charge is 2.13. The number of aliphatic hydroxyl groups excluding tert-OH is 1. The van der Waals surface area contributed by atoms with Gasteiger partial charge in [-0.2, -0.15) is 5.10 Å². The first-order valence-electron chi connectivity index (χ1n) is 7.84. The largest absolute Gasteiger partial charge is 0.396 e. The lowest BCUT2D eigenvalue weighted by atomic mass is 10.1. The molecule has 0 fully saturated rings. The molecule has 1 aromatic carbocycles. The molecule has 2 rings (SSSR count). The molecule has 0 aliphatic carbocycles. The number of hydrogen-bond acceptors (Lipinski definition) is 3. The lowest BCUT2D eigenvalue weighted by molar-refractivity contribution is 0.200. The highest BCUT2D eigenvalue weighted by Crippen LogP contribution is 2.07. The van der Waals surface area contributed by atoms with Gasteiger partial charge in [0.15, 0.2) is 0 Å². The van der Waals surface area contributed by atoms with Crippen LogP contribution in [0.25, 0.3) is 5.69 Å². The Labute approximate surface area is 136 Å². The van der Waals surface area contributed by atoms with Gasteiger partial charge < -0.3 is 15.7 Å². The number of urea groups is 1. The third-order valence-electron chi connectivity index (χ3n) is 3.86. The van der Waals surface area contributed by atoms with Crippen molar-refractivity contribution in [1.29, 1.82) is 0 Å². The van der Waals surface area contributed by atoms with E-state index in [4.69, 9.17) is 5.11 Å². The maximum absolute atomic E-state index is 11.8. The Kier molecular flexibility index (Phi) is 6.17. The minimum absolute atomic E-state index is 0.0323. The standard InChI is InChI=1S/C17H24N4O2/c1-13(12-22)14(2)20-17(23)18-9-8-15-10-19-21(11-15)16-6-4-3-5-7-16/h3-7,10-11,13-14,22H,8-9,12H2,1-2H3,(H2,18,20,23). The summed E-state index contributed by atoms with van der Waals surface area (Å²) < 4.78 is 1.82. The molecule has 2 atom stereocenters. The van der Waals surface area contributed by atoms with Crippen LogP contribution in [0.15, 0.2) is 42.7 Å². The second-order valence-electron chi connectivity index (χ2n) is 5.73. The number of hydrogen-bond donors (Lipinski definition) is 3. The van der Waals surface area contributed by atoms with E-state index in [1.165, 1.54) is 0 Å². The van der Waals surface area contributed by atoms with Crippen molar-refractivity contribution in [2.75, 3.05) is 13.2 Å². The van der Waals surface area contributed by atoms with Gasteiger partial charge in [0.05, 0.1) is 11.9 Å². The minimum Gasteiger partial charge on any atom is -0.396 e. The molecule has 0 bridgehead atoms. The van der Waals surface area contributed by atoms with Gasteiger partial charge in [-0.05, 0) is 37.0 Å². The van der Waals surface area contributed by atoms with Crippen LogP contribution in [-0.2, 0) is 6.42 Å². The van der Waals surface area contributed by atoms with Gasteiger partial charge in [0.1, 0.15) is 0 Å². The Bertz CT molecular complexity index is 612. The average molecular weight is 316 g/mol. The molecule has 124 valence electrons. The van der Waals surface area contributed by atoms with Crippen LogP contribution >= 0.6 is 0 Å². The van der Waals surface area contributed by atoms with E-state index in [2.05, 4.69) is 15.7 Å². The number of benzene rings is 1. The summed E-state index contributed by atoms with van der Waals surface area (Å²) in [7, 11) is 0. The number of nitrogens with one attached hydrogen (secondary N) is 2. The number of aromatic nitrogens is 2. The monoisotopic (exact) mass is 316 g/mol. The zero-order chi connectivity index (χ0) is 16.7. The van der Waals surface area contributed by atoms with E-state index in [1.54, 1.807) is 0 Å². The summed E-state index contributed by atoms with van der Waals surface area (Å²) >= 11 is 0. The van der Waals surface area contributed by atoms with Crippen LogP contribution in [0.2, 0.25) is 0 Å². The van der Waals surface area contributed by atoms with E-state index < -0.39 is 0 Å². The molecule has 1 heterocycles. The van der Waals surface area contributed by atoms with Crippen molar-refractivity contribution in [3.63, 3.8) is 0 Å². The molecule has 2 aromatic rings. The third kappa shape index (κ3) is 5.10. The minimum atomic E-state index is -0.215. The number of para-hydroxylation sites is 1. The summed E-state index contributed by atoms with van der Waals surface area (Å²) in [5.41, 5.74) is 2.07. The molecule has 0 aliphatic heterocycles. The quantitative estimate of drug-likeness (QED) is 0.728. The summed E-state index contributed by atoms with van der Waals surface area (Å²) in [6.07, 6.45) is 4.48. The summed E-state index contributed by atoms with van der Waals surface area (Å²) in [5, 5.41) is 19.0. The summed E-state index contributed by atoms with van der Waals surface area (Å²) in [5.74, 6) is 0.0323. The van der Waals surface area contributed by atoms with Gasteiger partial charge in [-0.3, -0.25) is 0 Å². The Balaban J connectivity index is 1.77. The molecular weight excluding hydrogens is 292 g/mol. The first-order chi connectivity index (χ1) is 11.1. The zero-order valence-electron chi connectivity index (χ0n) is 13.6. The maximum Gasteiger partial charge on any atom is 0.315 e. The Hall–Kier alpha value is -2.34. The second-order valence-corrected chi connectivity index (χ2v) is 5.73. The second kappa shape index (κ2) is 8.33. The van der Waals surface area contributed by atoms with Crippen molar-refractivity contribution < 1.29 is 9.90 Å². The van der Waals surface area contributed by atoms with E-state index in [0.717, 1.165) is 11.3 Å². The van der Waals surface area contributed by atoms with Gasteiger partial charge in [-0.15, -0.1) is 0 Å². The predicted octanol–water partition coefficient (Wildman–Crippen LogP) is 1.73. The van der Waals surface area contributed by atoms with Crippen molar-refractivity contribution in [1.82, 2.24) is 20.4 Å². The summed E-state index contributed by atoms with van der Waals surface area (Å²) in [4.78, 5) is 11.8. The topological polar surface area (TPSA) is 79.2 Å². The number of amides is 2. The molecule has 2 unspecified atom stereocenters. The molecule has 6 nitrogen and oxygen atoms in total. The molecule has 23 heavy (non-hydrogen) atoms. The van der Waals surface area contributed by atoms with Gasteiger partial charge in [0.2, 0.25) is 0 Å². The first-order valence-corrected chi connectivity index (χ1v) is 7.84. The molecule has 0 spiro atoms. The van der Waals surface area contributed by atoms with Crippen LogP contribution < -0.4 is 10.6 Å². The van der Waals surface area contributed by atoms with Crippen molar-refractivity contribution in [3.05, 3.63) is 48.3 Å². The van der Waals surface area contributed by atoms with Crippen LogP contribution in [0, 0.1) is 5.92 Å². The van der Waals surface area contributed by atoms with Gasteiger partial charge >= 0.3 is 6.03 Å². The Morgan fingerprint density at radius 2 is 2.04 bits per heavy atom. The zero-order valence-corrected chi connectivity index (χ0v) is 13.6. The highest BCUT2D eigenvalue weighted by molar-refractivity contribution is 5.74. The van der Waals surface area contributed by atoms with Crippen molar-refractivity contribution >= 4 is 6.03 Å². The van der Waals surface area contributed by atoms with Crippen LogP contribution in [0.3, 0.4) is 0 Å². The first kappa shape index (κ1) is 17.0. The van der Waals surface area contributed by atoms with Gasteiger partial charge in [-0.1, -0.05) is 25.1 Å². The van der Waals surface area contributed by atoms with Crippen LogP contribution in [0.5, 0.6) is 0 Å². The van der Waals surface area contributed by atoms with E-state index in [0.29, 0.717) is 13.0 Å². The van der Waals surface area contributed by atoms with Gasteiger partial charge in [0, 0.05) is 25.4 Å². The summed E-state index contributed by atoms with van der Waals surface area (Å²) in [6, 6.07) is 9.61. The van der Waals surface area contributed by atoms with Crippen molar-refractivity contribution in [2.24, 2.45) is 5.92 Å². The molecule has 2 amide bonds. The van der Waals surface area contributed by atoms with Gasteiger partial charge in [0.25, 0.3) is 0 Å². The maximum atomic E-state index is 11.8. The summed E-state index contributed by atoms with van der Waals surface area (Å²) in [6.45, 7) is 4.36. The van der Waals surface area contributed by atoms with E-state index in [1.807, 2.05) is 61.3 Å². The fraction of sp³-hybridized carbons (Fsp3) is 0.412. The smallest absolute Gasteiger partial charge is 0.315 e. The van der Waals surface area contributed by atoms with Crippen LogP contribution in [-0.4, -0.2) is 40.1 Å². The molecule has 1 aromatic heterocycles.